The first-order chi connectivity index (χ1) is 10.5. The molecule has 1 N–H and O–H groups in total. The van der Waals surface area contributed by atoms with Gasteiger partial charge in [-0.25, -0.2) is 0 Å². The number of aromatic hydroxyl groups is 1. The molecule has 1 aromatic heterocycles. The summed E-state index contributed by atoms with van der Waals surface area (Å²) in [6.45, 7) is 0.773. The monoisotopic (exact) mass is 295 g/mol. The van der Waals surface area contributed by atoms with E-state index >= 15 is 0 Å². The fourth-order valence-corrected chi connectivity index (χ4v) is 2.43. The molecule has 0 amide bonds. The summed E-state index contributed by atoms with van der Waals surface area (Å²) in [6.07, 6.45) is 0. The number of hydrogen-bond donors (Lipinski definition) is 1. The topological polar surface area (TPSA) is 53.7 Å². The van der Waals surface area contributed by atoms with Gasteiger partial charge in [0.1, 0.15) is 17.1 Å². The van der Waals surface area contributed by atoms with Crippen LogP contribution in [-0.4, -0.2) is 24.1 Å². The number of fused-ring (bicyclic) bond motifs is 1. The molecule has 3 rings (SSSR count). The van der Waals surface area contributed by atoms with E-state index in [-0.39, 0.29) is 11.2 Å². The molecule has 0 saturated heterocycles. The van der Waals surface area contributed by atoms with Crippen molar-refractivity contribution < 1.29 is 9.52 Å². The van der Waals surface area contributed by atoms with E-state index in [1.807, 2.05) is 37.2 Å². The van der Waals surface area contributed by atoms with E-state index in [1.54, 1.807) is 24.3 Å². The molecule has 0 saturated carbocycles. The summed E-state index contributed by atoms with van der Waals surface area (Å²) in [5.74, 6) is 0.679. The first-order valence-corrected chi connectivity index (χ1v) is 7.04. The van der Waals surface area contributed by atoms with Crippen LogP contribution < -0.4 is 5.43 Å². The highest BCUT2D eigenvalue weighted by molar-refractivity contribution is 5.79. The molecule has 22 heavy (non-hydrogen) atoms. The van der Waals surface area contributed by atoms with Crippen LogP contribution >= 0.6 is 0 Å². The zero-order chi connectivity index (χ0) is 15.7. The maximum absolute atomic E-state index is 12.4. The second kappa shape index (κ2) is 5.66. The summed E-state index contributed by atoms with van der Waals surface area (Å²) in [7, 11) is 3.97. The summed E-state index contributed by atoms with van der Waals surface area (Å²) in [5, 5.41) is 9.92. The molecule has 0 aliphatic rings. The second-order valence-corrected chi connectivity index (χ2v) is 5.59. The zero-order valence-corrected chi connectivity index (χ0v) is 12.5. The van der Waals surface area contributed by atoms with E-state index in [1.165, 1.54) is 6.07 Å². The Kier molecular flexibility index (Phi) is 3.69. The summed E-state index contributed by atoms with van der Waals surface area (Å²) >= 11 is 0. The van der Waals surface area contributed by atoms with Crippen LogP contribution in [-0.2, 0) is 6.54 Å². The Morgan fingerprint density at radius 3 is 2.45 bits per heavy atom. The van der Waals surface area contributed by atoms with Gasteiger partial charge in [0.05, 0.1) is 5.39 Å². The largest absolute Gasteiger partial charge is 0.508 e. The van der Waals surface area contributed by atoms with Crippen LogP contribution in [0.15, 0.2) is 57.7 Å². The number of nitrogens with zero attached hydrogens (tertiary/aromatic N) is 1. The lowest BCUT2D eigenvalue weighted by atomic mass is 10.1. The third-order valence-corrected chi connectivity index (χ3v) is 3.44. The Bertz CT molecular complexity index is 864. The lowest BCUT2D eigenvalue weighted by Crippen LogP contribution is -2.11. The van der Waals surface area contributed by atoms with Crippen molar-refractivity contribution in [1.82, 2.24) is 4.90 Å². The minimum absolute atomic E-state index is 0.0649. The summed E-state index contributed by atoms with van der Waals surface area (Å²) in [4.78, 5) is 14.4. The van der Waals surface area contributed by atoms with Gasteiger partial charge in [0.15, 0.2) is 5.43 Å². The Hall–Kier alpha value is -2.59. The molecule has 3 aromatic rings. The van der Waals surface area contributed by atoms with Crippen LogP contribution in [0.4, 0.5) is 0 Å². The molecule has 0 bridgehead atoms. The summed E-state index contributed by atoms with van der Waals surface area (Å²) < 4.78 is 5.83. The molecule has 2 aromatic carbocycles. The second-order valence-electron chi connectivity index (χ2n) is 5.59. The first kappa shape index (κ1) is 14.4. The van der Waals surface area contributed by atoms with Crippen molar-refractivity contribution in [3.8, 4) is 17.1 Å². The average Bonchev–Trinajstić information content (AvgIpc) is 2.48. The highest BCUT2D eigenvalue weighted by Crippen LogP contribution is 2.24. The fraction of sp³-hybridized carbons (Fsp3) is 0.167. The van der Waals surface area contributed by atoms with Gasteiger partial charge >= 0.3 is 0 Å². The van der Waals surface area contributed by atoms with Gasteiger partial charge in [-0.1, -0.05) is 6.07 Å². The number of benzene rings is 2. The van der Waals surface area contributed by atoms with E-state index < -0.39 is 0 Å². The van der Waals surface area contributed by atoms with Crippen LogP contribution in [0.25, 0.3) is 22.3 Å². The van der Waals surface area contributed by atoms with Crippen molar-refractivity contribution in [3.63, 3.8) is 0 Å². The molecule has 0 aliphatic carbocycles. The first-order valence-electron chi connectivity index (χ1n) is 7.04. The molecule has 1 heterocycles. The minimum atomic E-state index is -0.0649. The molecular formula is C18H17NO3. The molecule has 4 heteroatoms. The molecule has 0 radical (unpaired) electrons. The predicted molar refractivity (Wildman–Crippen MR) is 87.0 cm³/mol. The smallest absolute Gasteiger partial charge is 0.193 e. The minimum Gasteiger partial charge on any atom is -0.508 e. The maximum atomic E-state index is 12.4. The third kappa shape index (κ3) is 2.87. The Morgan fingerprint density at radius 2 is 1.77 bits per heavy atom. The zero-order valence-electron chi connectivity index (χ0n) is 12.5. The van der Waals surface area contributed by atoms with Gasteiger partial charge in [-0.2, -0.15) is 0 Å². The van der Waals surface area contributed by atoms with E-state index in [0.29, 0.717) is 16.7 Å². The Balaban J connectivity index is 2.09. The molecule has 0 spiro atoms. The van der Waals surface area contributed by atoms with E-state index in [4.69, 9.17) is 4.42 Å². The van der Waals surface area contributed by atoms with Crippen molar-refractivity contribution in [3.05, 3.63) is 64.3 Å². The molecule has 0 fully saturated rings. The lowest BCUT2D eigenvalue weighted by molar-refractivity contribution is 0.402. The van der Waals surface area contributed by atoms with Crippen LogP contribution in [0, 0.1) is 0 Å². The molecule has 0 unspecified atom stereocenters. The van der Waals surface area contributed by atoms with Gasteiger partial charge in [0, 0.05) is 18.2 Å². The van der Waals surface area contributed by atoms with E-state index in [0.717, 1.165) is 17.7 Å². The molecule has 4 nitrogen and oxygen atoms in total. The lowest BCUT2D eigenvalue weighted by Gasteiger charge is -2.10. The van der Waals surface area contributed by atoms with Crippen LogP contribution in [0.2, 0.25) is 0 Å². The van der Waals surface area contributed by atoms with Gasteiger partial charge in [0.2, 0.25) is 0 Å². The maximum Gasteiger partial charge on any atom is 0.193 e. The number of phenolic OH excluding ortho intramolecular Hbond substituents is 1. The highest BCUT2D eigenvalue weighted by atomic mass is 16.3. The fourth-order valence-electron chi connectivity index (χ4n) is 2.43. The Morgan fingerprint density at radius 1 is 1.05 bits per heavy atom. The summed E-state index contributed by atoms with van der Waals surface area (Å²) in [6, 6.07) is 13.8. The number of hydrogen-bond acceptors (Lipinski definition) is 4. The van der Waals surface area contributed by atoms with Gasteiger partial charge in [0.25, 0.3) is 0 Å². The quantitative estimate of drug-likeness (QED) is 0.806. The van der Waals surface area contributed by atoms with Crippen molar-refractivity contribution in [2.45, 2.75) is 6.54 Å². The number of rotatable bonds is 3. The van der Waals surface area contributed by atoms with Gasteiger partial charge in [-0.05, 0) is 56.1 Å². The molecular weight excluding hydrogens is 278 g/mol. The number of phenols is 1. The van der Waals surface area contributed by atoms with Crippen LogP contribution in [0.1, 0.15) is 5.56 Å². The van der Waals surface area contributed by atoms with E-state index in [2.05, 4.69) is 0 Å². The van der Waals surface area contributed by atoms with Crippen molar-refractivity contribution in [2.75, 3.05) is 14.1 Å². The summed E-state index contributed by atoms with van der Waals surface area (Å²) in [5.41, 5.74) is 2.33. The normalized spacial score (nSPS) is 11.2. The van der Waals surface area contributed by atoms with Gasteiger partial charge in [-0.15, -0.1) is 0 Å². The van der Waals surface area contributed by atoms with Crippen molar-refractivity contribution in [1.29, 1.82) is 0 Å². The van der Waals surface area contributed by atoms with Gasteiger partial charge < -0.3 is 14.4 Å². The average molecular weight is 295 g/mol. The standard InChI is InChI=1S/C18H17NO3/c1-19(2)11-12-3-8-17-15(9-12)16(21)10-18(22-17)13-4-6-14(20)7-5-13/h3-10,20H,11H2,1-2H3. The van der Waals surface area contributed by atoms with Gasteiger partial charge in [-0.3, -0.25) is 4.79 Å². The third-order valence-electron chi connectivity index (χ3n) is 3.44. The van der Waals surface area contributed by atoms with Crippen LogP contribution in [0.5, 0.6) is 5.75 Å². The highest BCUT2D eigenvalue weighted by Gasteiger charge is 2.08. The van der Waals surface area contributed by atoms with Crippen LogP contribution in [0.3, 0.4) is 0 Å². The van der Waals surface area contributed by atoms with Crippen molar-refractivity contribution >= 4 is 11.0 Å². The SMILES string of the molecule is CN(C)Cc1ccc2oc(-c3ccc(O)cc3)cc(=O)c2c1. The molecule has 0 aliphatic heterocycles. The molecule has 112 valence electrons. The predicted octanol–water partition coefficient (Wildman–Crippen LogP) is 3.23. The Labute approximate surface area is 128 Å². The van der Waals surface area contributed by atoms with Crippen molar-refractivity contribution in [2.24, 2.45) is 0 Å². The molecule has 0 atom stereocenters. The van der Waals surface area contributed by atoms with E-state index in [9.17, 15) is 9.90 Å².